The van der Waals surface area contributed by atoms with Gasteiger partial charge in [0, 0.05) is 11.6 Å². The first kappa shape index (κ1) is 17.4. The number of hydrogen-bond acceptors (Lipinski definition) is 3. The molecule has 0 radical (unpaired) electrons. The average molecular weight is 384 g/mol. The van der Waals surface area contributed by atoms with Crippen molar-refractivity contribution in [2.45, 2.75) is 12.6 Å². The van der Waals surface area contributed by atoms with Gasteiger partial charge in [-0.25, -0.2) is 4.79 Å². The molecular weight excluding hydrogens is 366 g/mol. The Kier molecular flexibility index (Phi) is 4.49. The average Bonchev–Trinajstić information content (AvgIpc) is 2.97. The Morgan fingerprint density at radius 3 is 2.48 bits per heavy atom. The van der Waals surface area contributed by atoms with Gasteiger partial charge >= 0.3 is 6.03 Å². The van der Waals surface area contributed by atoms with E-state index in [1.807, 2.05) is 36.4 Å². The lowest BCUT2D eigenvalue weighted by molar-refractivity contribution is -0.126. The van der Waals surface area contributed by atoms with E-state index in [9.17, 15) is 9.59 Å². The van der Waals surface area contributed by atoms with Crippen LogP contribution < -0.4 is 15.4 Å². The van der Waals surface area contributed by atoms with Crippen LogP contribution in [0.2, 0.25) is 5.02 Å². The summed E-state index contributed by atoms with van der Waals surface area (Å²) in [6.45, 7) is 0.830. The molecule has 3 amide bonds. The Hall–Kier alpha value is -2.99. The van der Waals surface area contributed by atoms with E-state index in [2.05, 4.69) is 10.6 Å². The second kappa shape index (κ2) is 6.96. The Morgan fingerprint density at radius 1 is 1.11 bits per heavy atom. The highest BCUT2D eigenvalue weighted by atomic mass is 35.5. The van der Waals surface area contributed by atoms with Gasteiger partial charge in [0.1, 0.15) is 5.75 Å². The van der Waals surface area contributed by atoms with Crippen LogP contribution >= 0.6 is 11.6 Å². The lowest BCUT2D eigenvalue weighted by Crippen LogP contribution is -2.44. The summed E-state index contributed by atoms with van der Waals surface area (Å²) < 4.78 is 5.17. The molecule has 0 saturated carbocycles. The van der Waals surface area contributed by atoms with Crippen LogP contribution in [0.5, 0.6) is 5.75 Å². The van der Waals surface area contributed by atoms with E-state index < -0.39 is 6.04 Å². The summed E-state index contributed by atoms with van der Waals surface area (Å²) >= 11 is 5.96. The first-order chi connectivity index (χ1) is 13.0. The van der Waals surface area contributed by atoms with Crippen LogP contribution in [-0.2, 0) is 11.3 Å². The molecule has 0 fully saturated rings. The van der Waals surface area contributed by atoms with Crippen molar-refractivity contribution >= 4 is 23.5 Å². The topological polar surface area (TPSA) is 70.7 Å². The molecule has 2 aliphatic heterocycles. The third kappa shape index (κ3) is 3.36. The maximum atomic E-state index is 13.1. The zero-order valence-electron chi connectivity index (χ0n) is 14.7. The molecule has 2 aromatic rings. The lowest BCUT2D eigenvalue weighted by atomic mass is 9.96. The molecule has 0 aliphatic carbocycles. The number of urea groups is 1. The number of amides is 3. The zero-order chi connectivity index (χ0) is 19.0. The minimum absolute atomic E-state index is 0.0896. The van der Waals surface area contributed by atoms with Gasteiger partial charge in [-0.15, -0.1) is 0 Å². The smallest absolute Gasteiger partial charge is 0.319 e. The maximum Gasteiger partial charge on any atom is 0.319 e. The normalized spacial score (nSPS) is 18.9. The number of nitrogens with zero attached hydrogens (tertiary/aromatic N) is 1. The quantitative estimate of drug-likeness (QED) is 0.852. The number of halogens is 1. The fourth-order valence-corrected chi connectivity index (χ4v) is 3.54. The van der Waals surface area contributed by atoms with Gasteiger partial charge in [-0.3, -0.25) is 4.79 Å². The van der Waals surface area contributed by atoms with E-state index in [-0.39, 0.29) is 11.9 Å². The van der Waals surface area contributed by atoms with Gasteiger partial charge in [0.05, 0.1) is 31.0 Å². The number of methoxy groups -OCH3 is 1. The van der Waals surface area contributed by atoms with Gasteiger partial charge in [-0.1, -0.05) is 35.9 Å². The molecule has 138 valence electrons. The second-order valence-corrected chi connectivity index (χ2v) is 6.92. The van der Waals surface area contributed by atoms with E-state index in [0.717, 1.165) is 16.9 Å². The van der Waals surface area contributed by atoms with Gasteiger partial charge in [0.25, 0.3) is 5.91 Å². The molecule has 1 atom stereocenters. The lowest BCUT2D eigenvalue weighted by Gasteiger charge is -2.25. The molecule has 0 spiro atoms. The predicted octanol–water partition coefficient (Wildman–Crippen LogP) is 3.00. The van der Waals surface area contributed by atoms with Crippen molar-refractivity contribution in [2.75, 3.05) is 13.7 Å². The summed E-state index contributed by atoms with van der Waals surface area (Å²) in [7, 11) is 1.61. The fraction of sp³-hybridized carbons (Fsp3) is 0.200. The monoisotopic (exact) mass is 383 g/mol. The highest BCUT2D eigenvalue weighted by Gasteiger charge is 2.40. The zero-order valence-corrected chi connectivity index (χ0v) is 15.4. The van der Waals surface area contributed by atoms with Gasteiger partial charge in [0.15, 0.2) is 0 Å². The number of hydrogen-bond donors (Lipinski definition) is 2. The largest absolute Gasteiger partial charge is 0.497 e. The Bertz CT molecular complexity index is 922. The molecule has 2 aromatic carbocycles. The second-order valence-electron chi connectivity index (χ2n) is 6.48. The van der Waals surface area contributed by atoms with Crippen molar-refractivity contribution < 1.29 is 14.3 Å². The third-order valence-corrected chi connectivity index (χ3v) is 5.01. The van der Waals surface area contributed by atoms with E-state index >= 15 is 0 Å². The van der Waals surface area contributed by atoms with Crippen LogP contribution in [0.15, 0.2) is 59.8 Å². The molecule has 2 aliphatic rings. The summed E-state index contributed by atoms with van der Waals surface area (Å²) in [6.07, 6.45) is 0. The highest BCUT2D eigenvalue weighted by Crippen LogP contribution is 2.33. The summed E-state index contributed by atoms with van der Waals surface area (Å²) in [6, 6.07) is 13.9. The standard InChI is InChI=1S/C20H18ClN3O3/c1-27-15-8-2-12(3-9-15)10-24-11-16-17(19(24)25)18(23-20(26)22-16)13-4-6-14(21)7-5-13/h2-9,18H,10-11H2,1H3,(H2,22,23,26)/t18-/m1/s1. The number of rotatable bonds is 4. The molecule has 0 aromatic heterocycles. The summed E-state index contributed by atoms with van der Waals surface area (Å²) in [5, 5.41) is 6.22. The van der Waals surface area contributed by atoms with Crippen LogP contribution in [0.1, 0.15) is 17.2 Å². The molecule has 0 saturated heterocycles. The molecule has 7 heteroatoms. The van der Waals surface area contributed by atoms with E-state index in [0.29, 0.717) is 29.4 Å². The van der Waals surface area contributed by atoms with Crippen LogP contribution in [0.4, 0.5) is 4.79 Å². The number of benzene rings is 2. The third-order valence-electron chi connectivity index (χ3n) is 4.76. The van der Waals surface area contributed by atoms with Crippen molar-refractivity contribution in [1.82, 2.24) is 15.5 Å². The van der Waals surface area contributed by atoms with Gasteiger partial charge in [0.2, 0.25) is 0 Å². The molecule has 27 heavy (non-hydrogen) atoms. The van der Waals surface area contributed by atoms with E-state index in [4.69, 9.17) is 16.3 Å². The number of carbonyl (C=O) groups excluding carboxylic acids is 2. The Morgan fingerprint density at radius 2 is 1.81 bits per heavy atom. The van der Waals surface area contributed by atoms with Crippen molar-refractivity contribution in [3.63, 3.8) is 0 Å². The molecule has 4 rings (SSSR count). The van der Waals surface area contributed by atoms with Crippen LogP contribution in [0.3, 0.4) is 0 Å². The van der Waals surface area contributed by atoms with Crippen molar-refractivity contribution in [3.05, 3.63) is 76.0 Å². The Labute approximate surface area is 161 Å². The highest BCUT2D eigenvalue weighted by molar-refractivity contribution is 6.30. The molecule has 0 bridgehead atoms. The molecule has 6 nitrogen and oxygen atoms in total. The van der Waals surface area contributed by atoms with E-state index in [1.54, 1.807) is 24.1 Å². The first-order valence-corrected chi connectivity index (χ1v) is 8.91. The number of ether oxygens (including phenoxy) is 1. The molecule has 2 N–H and O–H groups in total. The SMILES string of the molecule is COc1ccc(CN2CC3=C(C2=O)[C@@H](c2ccc(Cl)cc2)NC(=O)N3)cc1. The summed E-state index contributed by atoms with van der Waals surface area (Å²) in [5.74, 6) is 0.677. The minimum atomic E-state index is -0.487. The molecular formula is C20H18ClN3O3. The van der Waals surface area contributed by atoms with Gasteiger partial charge in [-0.2, -0.15) is 0 Å². The van der Waals surface area contributed by atoms with Gasteiger partial charge < -0.3 is 20.3 Å². The van der Waals surface area contributed by atoms with E-state index in [1.165, 1.54) is 0 Å². The van der Waals surface area contributed by atoms with Crippen LogP contribution in [0.25, 0.3) is 0 Å². The molecule has 2 heterocycles. The van der Waals surface area contributed by atoms with Gasteiger partial charge in [-0.05, 0) is 35.4 Å². The van der Waals surface area contributed by atoms with Crippen LogP contribution in [0, 0.1) is 0 Å². The summed E-state index contributed by atoms with van der Waals surface area (Å²) in [4.78, 5) is 26.8. The summed E-state index contributed by atoms with van der Waals surface area (Å²) in [5.41, 5.74) is 3.04. The fourth-order valence-electron chi connectivity index (χ4n) is 3.41. The maximum absolute atomic E-state index is 13.1. The number of nitrogens with one attached hydrogen (secondary N) is 2. The predicted molar refractivity (Wildman–Crippen MR) is 101 cm³/mol. The Balaban J connectivity index is 1.58. The molecule has 0 unspecified atom stereocenters. The number of carbonyl (C=O) groups is 2. The van der Waals surface area contributed by atoms with Crippen LogP contribution in [-0.4, -0.2) is 30.5 Å². The minimum Gasteiger partial charge on any atom is -0.497 e. The van der Waals surface area contributed by atoms with Crippen molar-refractivity contribution in [3.8, 4) is 5.75 Å². The van der Waals surface area contributed by atoms with Crippen molar-refractivity contribution in [1.29, 1.82) is 0 Å². The van der Waals surface area contributed by atoms with Crippen molar-refractivity contribution in [2.24, 2.45) is 0 Å². The first-order valence-electron chi connectivity index (χ1n) is 8.53.